The molecule has 100 valence electrons. The first-order valence-electron chi connectivity index (χ1n) is 6.88. The average molecular weight is 268 g/mol. The van der Waals surface area contributed by atoms with Crippen molar-refractivity contribution in [2.75, 3.05) is 6.54 Å². The minimum absolute atomic E-state index is 0.218. The van der Waals surface area contributed by atoms with Gasteiger partial charge in [0.05, 0.1) is 6.04 Å². The van der Waals surface area contributed by atoms with E-state index < -0.39 is 0 Å². The number of hydrogen-bond acceptors (Lipinski definition) is 2. The van der Waals surface area contributed by atoms with Gasteiger partial charge in [0.25, 0.3) is 0 Å². The molecule has 1 N–H and O–H groups in total. The van der Waals surface area contributed by atoms with E-state index in [1.54, 1.807) is 0 Å². The standard InChI is InChI=1S/C15H22ClNO/c1-4-6-12-14(17-9-5-2)13-11(16)8-7-10(3)15(13)18-12/h7-8,12,14,17H,4-6,9H2,1-3H3. The molecule has 1 aliphatic heterocycles. The second-order valence-electron chi connectivity index (χ2n) is 4.98. The molecule has 1 aromatic rings. The second-order valence-corrected chi connectivity index (χ2v) is 5.39. The molecule has 1 aliphatic rings. The van der Waals surface area contributed by atoms with Gasteiger partial charge in [-0.25, -0.2) is 0 Å². The highest BCUT2D eigenvalue weighted by molar-refractivity contribution is 6.31. The van der Waals surface area contributed by atoms with Gasteiger partial charge in [0.15, 0.2) is 0 Å². The minimum Gasteiger partial charge on any atom is -0.488 e. The number of hydrogen-bond donors (Lipinski definition) is 1. The third kappa shape index (κ3) is 2.50. The van der Waals surface area contributed by atoms with Crippen molar-refractivity contribution in [1.29, 1.82) is 0 Å². The van der Waals surface area contributed by atoms with Crippen LogP contribution in [0.3, 0.4) is 0 Å². The minimum atomic E-state index is 0.218. The first-order valence-corrected chi connectivity index (χ1v) is 7.25. The molecule has 18 heavy (non-hydrogen) atoms. The van der Waals surface area contributed by atoms with Gasteiger partial charge in [-0.05, 0) is 37.9 Å². The highest BCUT2D eigenvalue weighted by Gasteiger charge is 2.35. The summed E-state index contributed by atoms with van der Waals surface area (Å²) in [5.74, 6) is 0.995. The molecule has 0 fully saturated rings. The fraction of sp³-hybridized carbons (Fsp3) is 0.600. The van der Waals surface area contributed by atoms with Gasteiger partial charge in [0.2, 0.25) is 0 Å². The lowest BCUT2D eigenvalue weighted by atomic mass is 9.99. The Labute approximate surface area is 115 Å². The largest absolute Gasteiger partial charge is 0.488 e. The molecule has 0 radical (unpaired) electrons. The number of halogens is 1. The summed E-state index contributed by atoms with van der Waals surface area (Å²) in [6, 6.07) is 4.26. The number of fused-ring (bicyclic) bond motifs is 1. The van der Waals surface area contributed by atoms with Gasteiger partial charge in [-0.3, -0.25) is 0 Å². The van der Waals surface area contributed by atoms with Gasteiger partial charge in [0, 0.05) is 10.6 Å². The van der Waals surface area contributed by atoms with E-state index in [0.29, 0.717) is 0 Å². The first-order chi connectivity index (χ1) is 8.69. The topological polar surface area (TPSA) is 21.3 Å². The van der Waals surface area contributed by atoms with E-state index in [1.165, 1.54) is 5.56 Å². The first kappa shape index (κ1) is 13.7. The van der Waals surface area contributed by atoms with Gasteiger partial charge >= 0.3 is 0 Å². The van der Waals surface area contributed by atoms with Crippen molar-refractivity contribution in [3.05, 3.63) is 28.3 Å². The molecule has 2 nitrogen and oxygen atoms in total. The van der Waals surface area contributed by atoms with E-state index in [2.05, 4.69) is 26.1 Å². The van der Waals surface area contributed by atoms with Crippen molar-refractivity contribution in [3.8, 4) is 5.75 Å². The molecule has 1 heterocycles. The van der Waals surface area contributed by atoms with Crippen molar-refractivity contribution >= 4 is 11.6 Å². The number of benzene rings is 1. The Morgan fingerprint density at radius 1 is 1.28 bits per heavy atom. The molecule has 0 bridgehead atoms. The number of rotatable bonds is 5. The summed E-state index contributed by atoms with van der Waals surface area (Å²) >= 11 is 6.36. The molecule has 0 aliphatic carbocycles. The predicted octanol–water partition coefficient (Wildman–Crippen LogP) is 4.25. The van der Waals surface area contributed by atoms with Crippen LogP contribution < -0.4 is 10.1 Å². The highest BCUT2D eigenvalue weighted by atomic mass is 35.5. The van der Waals surface area contributed by atoms with Crippen LogP contribution in [-0.4, -0.2) is 12.6 Å². The Balaban J connectivity index is 2.32. The van der Waals surface area contributed by atoms with Crippen LogP contribution in [0.2, 0.25) is 5.02 Å². The lowest BCUT2D eigenvalue weighted by molar-refractivity contribution is 0.177. The Kier molecular flexibility index (Phi) is 4.52. The fourth-order valence-electron chi connectivity index (χ4n) is 2.58. The SMILES string of the molecule is CCCNC1c2c(Cl)ccc(C)c2OC1CCC. The van der Waals surface area contributed by atoms with Gasteiger partial charge in [-0.1, -0.05) is 37.9 Å². The summed E-state index contributed by atoms with van der Waals surface area (Å²) in [5.41, 5.74) is 2.33. The van der Waals surface area contributed by atoms with Crippen molar-refractivity contribution in [2.24, 2.45) is 0 Å². The molecule has 0 saturated carbocycles. The Morgan fingerprint density at radius 2 is 2.06 bits per heavy atom. The van der Waals surface area contributed by atoms with Crippen molar-refractivity contribution in [2.45, 2.75) is 52.2 Å². The fourth-order valence-corrected chi connectivity index (χ4v) is 2.85. The van der Waals surface area contributed by atoms with Crippen LogP contribution in [0.15, 0.2) is 12.1 Å². The average Bonchev–Trinajstić information content (AvgIpc) is 2.72. The molecule has 2 rings (SSSR count). The molecule has 0 spiro atoms. The maximum absolute atomic E-state index is 6.36. The van der Waals surface area contributed by atoms with Crippen LogP contribution in [0, 0.1) is 6.92 Å². The van der Waals surface area contributed by atoms with E-state index in [4.69, 9.17) is 16.3 Å². The maximum atomic E-state index is 6.36. The molecule has 2 unspecified atom stereocenters. The Bertz CT molecular complexity index is 419. The van der Waals surface area contributed by atoms with E-state index in [-0.39, 0.29) is 12.1 Å². The molecule has 1 aromatic carbocycles. The van der Waals surface area contributed by atoms with Crippen LogP contribution in [0.5, 0.6) is 5.75 Å². The number of nitrogens with one attached hydrogen (secondary N) is 1. The zero-order valence-corrected chi connectivity index (χ0v) is 12.2. The Morgan fingerprint density at radius 3 is 2.72 bits per heavy atom. The van der Waals surface area contributed by atoms with Crippen molar-refractivity contribution < 1.29 is 4.74 Å². The molecular formula is C15H22ClNO. The number of aryl methyl sites for hydroxylation is 1. The lowest BCUT2D eigenvalue weighted by Crippen LogP contribution is -2.31. The molecule has 2 atom stereocenters. The summed E-state index contributed by atoms with van der Waals surface area (Å²) in [4.78, 5) is 0. The van der Waals surface area contributed by atoms with Crippen LogP contribution in [0.1, 0.15) is 50.3 Å². The highest BCUT2D eigenvalue weighted by Crippen LogP contribution is 2.44. The summed E-state index contributed by atoms with van der Waals surface area (Å²) in [6.07, 6.45) is 3.52. The monoisotopic (exact) mass is 267 g/mol. The molecular weight excluding hydrogens is 246 g/mol. The summed E-state index contributed by atoms with van der Waals surface area (Å²) < 4.78 is 6.12. The van der Waals surface area contributed by atoms with Crippen LogP contribution >= 0.6 is 11.6 Å². The zero-order chi connectivity index (χ0) is 13.1. The van der Waals surface area contributed by atoms with E-state index >= 15 is 0 Å². The Hall–Kier alpha value is -0.730. The van der Waals surface area contributed by atoms with Crippen LogP contribution in [0.25, 0.3) is 0 Å². The molecule has 0 saturated heterocycles. The summed E-state index contributed by atoms with van der Waals surface area (Å²) in [5, 5.41) is 4.40. The van der Waals surface area contributed by atoms with Crippen molar-refractivity contribution in [1.82, 2.24) is 5.32 Å². The molecule has 0 amide bonds. The van der Waals surface area contributed by atoms with E-state index in [9.17, 15) is 0 Å². The van der Waals surface area contributed by atoms with Gasteiger partial charge in [-0.15, -0.1) is 0 Å². The zero-order valence-electron chi connectivity index (χ0n) is 11.4. The van der Waals surface area contributed by atoms with Crippen LogP contribution in [-0.2, 0) is 0 Å². The third-order valence-corrected chi connectivity index (χ3v) is 3.81. The van der Waals surface area contributed by atoms with Gasteiger partial charge in [0.1, 0.15) is 11.9 Å². The summed E-state index contributed by atoms with van der Waals surface area (Å²) in [6.45, 7) is 7.45. The van der Waals surface area contributed by atoms with E-state index in [0.717, 1.165) is 42.1 Å². The summed E-state index contributed by atoms with van der Waals surface area (Å²) in [7, 11) is 0. The maximum Gasteiger partial charge on any atom is 0.129 e. The number of ether oxygens (including phenoxy) is 1. The van der Waals surface area contributed by atoms with Gasteiger partial charge in [-0.2, -0.15) is 0 Å². The van der Waals surface area contributed by atoms with E-state index in [1.807, 2.05) is 12.1 Å². The normalized spacial score (nSPS) is 21.8. The predicted molar refractivity (Wildman–Crippen MR) is 76.5 cm³/mol. The smallest absolute Gasteiger partial charge is 0.129 e. The van der Waals surface area contributed by atoms with Crippen molar-refractivity contribution in [3.63, 3.8) is 0 Å². The third-order valence-electron chi connectivity index (χ3n) is 3.48. The second kappa shape index (κ2) is 5.94. The molecule has 0 aromatic heterocycles. The lowest BCUT2D eigenvalue weighted by Gasteiger charge is -2.20. The van der Waals surface area contributed by atoms with Gasteiger partial charge < -0.3 is 10.1 Å². The van der Waals surface area contributed by atoms with Crippen LogP contribution in [0.4, 0.5) is 0 Å². The molecule has 3 heteroatoms. The quantitative estimate of drug-likeness (QED) is 0.861.